The summed E-state index contributed by atoms with van der Waals surface area (Å²) in [7, 11) is 0. The molecule has 0 saturated heterocycles. The number of hydrogen-bond donors (Lipinski definition) is 1. The first-order chi connectivity index (χ1) is 16.3. The minimum absolute atomic E-state index is 0.0322. The molecule has 35 heavy (non-hydrogen) atoms. The molecule has 1 atom stereocenters. The van der Waals surface area contributed by atoms with Gasteiger partial charge in [0, 0.05) is 51.7 Å². The van der Waals surface area contributed by atoms with E-state index in [1.54, 1.807) is 31.5 Å². The number of aromatic nitrogens is 5. The zero-order valence-electron chi connectivity index (χ0n) is 19.3. The molecule has 0 spiro atoms. The first-order valence-corrected chi connectivity index (χ1v) is 11.4. The van der Waals surface area contributed by atoms with E-state index in [-0.39, 0.29) is 12.1 Å². The van der Waals surface area contributed by atoms with Crippen molar-refractivity contribution < 1.29 is 22.4 Å². The number of aryl methyl sites for hydroxylation is 1. The third kappa shape index (κ3) is 5.64. The minimum Gasteiger partial charge on any atom is -0.345 e. The molecule has 7 nitrogen and oxygen atoms in total. The topological polar surface area (TPSA) is 85.6 Å². The van der Waals surface area contributed by atoms with Crippen molar-refractivity contribution in [3.63, 3.8) is 0 Å². The molecule has 184 valence electrons. The number of amides is 1. The van der Waals surface area contributed by atoms with E-state index in [4.69, 9.17) is 0 Å². The fourth-order valence-corrected chi connectivity index (χ4v) is 4.29. The summed E-state index contributed by atoms with van der Waals surface area (Å²) in [6.07, 6.45) is 0.876. The van der Waals surface area contributed by atoms with E-state index in [1.807, 2.05) is 6.92 Å². The predicted molar refractivity (Wildman–Crippen MR) is 124 cm³/mol. The van der Waals surface area contributed by atoms with Crippen LogP contribution in [-0.4, -0.2) is 36.3 Å². The quantitative estimate of drug-likeness (QED) is 0.348. The van der Waals surface area contributed by atoms with Crippen LogP contribution in [-0.2, 0) is 12.7 Å². The monoisotopic (exact) mass is 506 g/mol. The van der Waals surface area contributed by atoms with Gasteiger partial charge in [0.2, 0.25) is 5.82 Å². The van der Waals surface area contributed by atoms with Crippen LogP contribution in [0.3, 0.4) is 0 Å². The van der Waals surface area contributed by atoms with Gasteiger partial charge in [0.05, 0.1) is 18.1 Å². The maximum atomic E-state index is 14.2. The van der Waals surface area contributed by atoms with Crippen LogP contribution >= 0.6 is 11.3 Å². The zero-order valence-corrected chi connectivity index (χ0v) is 20.1. The minimum atomic E-state index is -4.65. The van der Waals surface area contributed by atoms with Gasteiger partial charge in [-0.25, -0.2) is 19.3 Å². The molecule has 4 aromatic rings. The fourth-order valence-electron chi connectivity index (χ4n) is 3.50. The zero-order chi connectivity index (χ0) is 25.5. The number of halogens is 4. The third-order valence-corrected chi connectivity index (χ3v) is 6.04. The van der Waals surface area contributed by atoms with E-state index in [2.05, 4.69) is 25.4 Å². The molecular weight excluding hydrogens is 484 g/mol. The van der Waals surface area contributed by atoms with Crippen LogP contribution in [0.2, 0.25) is 0 Å². The molecule has 0 aliphatic carbocycles. The number of hydrogen-bond acceptors (Lipinski definition) is 6. The normalized spacial score (nSPS) is 13.3. The molecule has 0 radical (unpaired) electrons. The van der Waals surface area contributed by atoms with Crippen molar-refractivity contribution in [2.24, 2.45) is 0 Å². The number of nitrogens with zero attached hydrogens (tertiary/aromatic N) is 5. The molecule has 0 bridgehead atoms. The van der Waals surface area contributed by atoms with Crippen molar-refractivity contribution in [1.82, 2.24) is 30.0 Å². The first-order valence-electron chi connectivity index (χ1n) is 10.6. The lowest BCUT2D eigenvalue weighted by Gasteiger charge is -2.15. The summed E-state index contributed by atoms with van der Waals surface area (Å²) >= 11 is 1.45. The van der Waals surface area contributed by atoms with Crippen LogP contribution in [0.15, 0.2) is 36.9 Å². The van der Waals surface area contributed by atoms with Crippen LogP contribution < -0.4 is 5.32 Å². The number of carbonyl (C=O) groups is 1. The van der Waals surface area contributed by atoms with E-state index >= 15 is 0 Å². The van der Waals surface area contributed by atoms with E-state index in [1.165, 1.54) is 29.9 Å². The molecule has 0 unspecified atom stereocenters. The Balaban J connectivity index is 1.66. The maximum Gasteiger partial charge on any atom is 0.451 e. The summed E-state index contributed by atoms with van der Waals surface area (Å²) in [6, 6.07) is 2.61. The van der Waals surface area contributed by atoms with Crippen LogP contribution in [0.1, 0.15) is 53.4 Å². The number of benzene rings is 1. The lowest BCUT2D eigenvalue weighted by atomic mass is 10.0. The molecule has 1 amide bonds. The molecule has 3 aromatic heterocycles. The number of rotatable bonds is 6. The lowest BCUT2D eigenvalue weighted by molar-refractivity contribution is -0.145. The second-order valence-corrected chi connectivity index (χ2v) is 10.0. The summed E-state index contributed by atoms with van der Waals surface area (Å²) in [5, 5.41) is 8.62. The molecule has 4 rings (SSSR count). The molecule has 0 fully saturated rings. The fraction of sp³-hybridized carbons (Fsp3) is 0.348. The van der Waals surface area contributed by atoms with Gasteiger partial charge in [0.1, 0.15) is 10.7 Å². The van der Waals surface area contributed by atoms with Crippen LogP contribution in [0, 0.1) is 6.92 Å². The third-order valence-electron chi connectivity index (χ3n) is 5.10. The molecule has 12 heteroatoms. The average molecular weight is 507 g/mol. The summed E-state index contributed by atoms with van der Waals surface area (Å²) in [4.78, 5) is 25.2. The van der Waals surface area contributed by atoms with Crippen molar-refractivity contribution in [2.45, 2.75) is 52.1 Å². The maximum absolute atomic E-state index is 14.2. The Morgan fingerprint density at radius 1 is 1.11 bits per heavy atom. The van der Waals surface area contributed by atoms with Gasteiger partial charge < -0.3 is 5.32 Å². The smallest absolute Gasteiger partial charge is 0.345 e. The highest BCUT2D eigenvalue weighted by Gasteiger charge is 2.34. The van der Waals surface area contributed by atoms with Gasteiger partial charge in [-0.15, -0.1) is 11.3 Å². The Morgan fingerprint density at radius 3 is 2.37 bits per heavy atom. The molecule has 1 aromatic carbocycles. The molecule has 1 N–H and O–H groups in total. The number of thiazole rings is 1. The van der Waals surface area contributed by atoms with Gasteiger partial charge in [0.25, 0.3) is 5.91 Å². The molecule has 0 aliphatic rings. The lowest BCUT2D eigenvalue weighted by Crippen LogP contribution is -2.27. The predicted octanol–water partition coefficient (Wildman–Crippen LogP) is 5.52. The second-order valence-electron chi connectivity index (χ2n) is 8.81. The number of nitrogens with one attached hydrogen (secondary N) is 1. The Hall–Kier alpha value is -3.41. The molecular formula is C23H22F4N6OS. The highest BCUT2D eigenvalue weighted by molar-refractivity contribution is 7.15. The van der Waals surface area contributed by atoms with Crippen LogP contribution in [0.25, 0.3) is 21.5 Å². The Labute approximate surface area is 202 Å². The summed E-state index contributed by atoms with van der Waals surface area (Å²) in [6.45, 7) is 6.47. The Morgan fingerprint density at radius 2 is 1.80 bits per heavy atom. The Kier molecular flexibility index (Phi) is 6.34. The van der Waals surface area contributed by atoms with Gasteiger partial charge in [-0.05, 0) is 39.8 Å². The average Bonchev–Trinajstić information content (AvgIpc) is 3.36. The van der Waals surface area contributed by atoms with Crippen molar-refractivity contribution >= 4 is 28.1 Å². The van der Waals surface area contributed by atoms with Crippen LogP contribution in [0.4, 0.5) is 17.6 Å². The van der Waals surface area contributed by atoms with E-state index < -0.39 is 29.6 Å². The van der Waals surface area contributed by atoms with E-state index in [0.29, 0.717) is 21.7 Å². The first kappa shape index (κ1) is 24.7. The summed E-state index contributed by atoms with van der Waals surface area (Å²) in [5.74, 6) is -1.71. The second kappa shape index (κ2) is 8.99. The summed E-state index contributed by atoms with van der Waals surface area (Å²) < 4.78 is 53.9. The highest BCUT2D eigenvalue weighted by atomic mass is 32.1. The van der Waals surface area contributed by atoms with Crippen molar-refractivity contribution in [3.05, 3.63) is 58.7 Å². The van der Waals surface area contributed by atoms with E-state index in [0.717, 1.165) is 22.7 Å². The van der Waals surface area contributed by atoms with Gasteiger partial charge in [-0.2, -0.15) is 18.3 Å². The highest BCUT2D eigenvalue weighted by Crippen LogP contribution is 2.33. The number of carbonyl (C=O) groups excluding carboxylic acids is 1. The Bertz CT molecular complexity index is 1370. The molecule has 3 heterocycles. The van der Waals surface area contributed by atoms with Crippen LogP contribution in [0.5, 0.6) is 0 Å². The number of fused-ring (bicyclic) bond motifs is 1. The van der Waals surface area contributed by atoms with Crippen molar-refractivity contribution in [2.75, 3.05) is 0 Å². The SMILES string of the molecule is Cc1cnc(-c2cc(C(=O)N[C@H](C)c3cnc(C(F)(F)F)nc3)cc3nn(CC(C)(C)F)cc23)s1. The standard InChI is InChI=1S/C23H22F4N6OS/c1-12-7-28-20(35-12)16-5-14(6-18-17(16)10-33(32-18)11-22(3,4)24)19(34)31-13(2)15-8-29-21(30-9-15)23(25,26)27/h5-10,13H,11H2,1-4H3,(H,31,34)/t13-/m1/s1. The largest absolute Gasteiger partial charge is 0.451 e. The van der Waals surface area contributed by atoms with Crippen molar-refractivity contribution in [1.29, 1.82) is 0 Å². The van der Waals surface area contributed by atoms with Gasteiger partial charge in [0.15, 0.2) is 0 Å². The molecule has 0 aliphatic heterocycles. The molecule has 0 saturated carbocycles. The van der Waals surface area contributed by atoms with Gasteiger partial charge in [-0.3, -0.25) is 9.48 Å². The van der Waals surface area contributed by atoms with Gasteiger partial charge in [-0.1, -0.05) is 0 Å². The van der Waals surface area contributed by atoms with Crippen molar-refractivity contribution in [3.8, 4) is 10.6 Å². The van der Waals surface area contributed by atoms with E-state index in [9.17, 15) is 22.4 Å². The summed E-state index contributed by atoms with van der Waals surface area (Å²) in [5.41, 5.74) is 0.288. The van der Waals surface area contributed by atoms with Gasteiger partial charge >= 0.3 is 6.18 Å². The number of alkyl halides is 4.